The first-order valence-electron chi connectivity index (χ1n) is 5.44. The molecule has 0 aromatic rings. The van der Waals surface area contributed by atoms with Gasteiger partial charge < -0.3 is 4.74 Å². The molecule has 0 saturated carbocycles. The van der Waals surface area contributed by atoms with Gasteiger partial charge in [-0.05, 0) is 25.3 Å². The summed E-state index contributed by atoms with van der Waals surface area (Å²) >= 11 is 0. The average molecular weight is 221 g/mol. The van der Waals surface area contributed by atoms with E-state index in [1.54, 1.807) is 13.0 Å². The van der Waals surface area contributed by atoms with Crippen LogP contribution in [-0.4, -0.2) is 18.4 Å². The maximum absolute atomic E-state index is 11.6. The van der Waals surface area contributed by atoms with E-state index in [-0.39, 0.29) is 24.1 Å². The van der Waals surface area contributed by atoms with E-state index in [4.69, 9.17) is 10.00 Å². The van der Waals surface area contributed by atoms with E-state index < -0.39 is 0 Å². The molecular weight excluding hydrogens is 206 g/mol. The minimum absolute atomic E-state index is 0.0282. The molecule has 1 rings (SSSR count). The van der Waals surface area contributed by atoms with Gasteiger partial charge in [0.2, 0.25) is 0 Å². The molecule has 16 heavy (non-hydrogen) atoms. The molecule has 0 fully saturated rings. The fraction of sp³-hybridized carbons (Fsp3) is 0.583. The molecule has 0 bridgehead atoms. The van der Waals surface area contributed by atoms with Crippen LogP contribution >= 0.6 is 0 Å². The normalized spacial score (nSPS) is 19.9. The lowest BCUT2D eigenvalue weighted by molar-refractivity contribution is -0.149. The zero-order valence-corrected chi connectivity index (χ0v) is 9.36. The van der Waals surface area contributed by atoms with E-state index >= 15 is 0 Å². The summed E-state index contributed by atoms with van der Waals surface area (Å²) in [6.07, 6.45) is 3.37. The van der Waals surface area contributed by atoms with Crippen LogP contribution in [0.25, 0.3) is 0 Å². The predicted octanol–water partition coefficient (Wildman–Crippen LogP) is 1.76. The molecule has 1 unspecified atom stereocenters. The summed E-state index contributed by atoms with van der Waals surface area (Å²) in [6.45, 7) is 2.09. The summed E-state index contributed by atoms with van der Waals surface area (Å²) in [5.74, 6) is -0.663. The maximum atomic E-state index is 11.6. The van der Waals surface area contributed by atoms with Gasteiger partial charge in [0.05, 0.1) is 18.6 Å². The van der Waals surface area contributed by atoms with Crippen molar-refractivity contribution in [3.05, 3.63) is 11.6 Å². The third-order valence-corrected chi connectivity index (χ3v) is 2.56. The van der Waals surface area contributed by atoms with Crippen molar-refractivity contribution in [2.45, 2.75) is 32.6 Å². The molecule has 86 valence electrons. The molecule has 0 aliphatic heterocycles. The van der Waals surface area contributed by atoms with Gasteiger partial charge in [0.15, 0.2) is 5.78 Å². The van der Waals surface area contributed by atoms with Crippen molar-refractivity contribution in [3.63, 3.8) is 0 Å². The molecule has 0 aromatic heterocycles. The maximum Gasteiger partial charge on any atom is 0.309 e. The molecule has 0 saturated heterocycles. The number of nitriles is 1. The third kappa shape index (κ3) is 3.20. The first-order valence-corrected chi connectivity index (χ1v) is 5.44. The number of ether oxygens (including phenoxy) is 1. The second-order valence-corrected chi connectivity index (χ2v) is 3.70. The van der Waals surface area contributed by atoms with Crippen LogP contribution in [0.5, 0.6) is 0 Å². The van der Waals surface area contributed by atoms with E-state index in [2.05, 4.69) is 0 Å². The van der Waals surface area contributed by atoms with E-state index in [9.17, 15) is 9.59 Å². The standard InChI is InChI=1S/C12H15NO3/c1-2-16-12(15)10-6-5-9(4-3-7-13)11(14)8-10/h5,10H,2-4,6,8H2,1H3. The van der Waals surface area contributed by atoms with Gasteiger partial charge in [-0.25, -0.2) is 0 Å². The number of ketones is 1. The molecule has 4 heteroatoms. The summed E-state index contributed by atoms with van der Waals surface area (Å²) in [6, 6.07) is 2.01. The third-order valence-electron chi connectivity index (χ3n) is 2.56. The Morgan fingerprint density at radius 2 is 2.44 bits per heavy atom. The Morgan fingerprint density at radius 3 is 3.00 bits per heavy atom. The molecule has 4 nitrogen and oxygen atoms in total. The molecule has 0 N–H and O–H groups in total. The van der Waals surface area contributed by atoms with Gasteiger partial charge >= 0.3 is 5.97 Å². The first-order chi connectivity index (χ1) is 7.69. The van der Waals surface area contributed by atoms with E-state index in [1.165, 1.54) is 0 Å². The molecule has 1 aliphatic rings. The number of hydrogen-bond acceptors (Lipinski definition) is 4. The lowest BCUT2D eigenvalue weighted by Crippen LogP contribution is -2.24. The summed E-state index contributed by atoms with van der Waals surface area (Å²) in [4.78, 5) is 23.0. The smallest absolute Gasteiger partial charge is 0.309 e. The predicted molar refractivity (Wildman–Crippen MR) is 57.3 cm³/mol. The van der Waals surface area contributed by atoms with Crippen LogP contribution < -0.4 is 0 Å². The Hall–Kier alpha value is -1.63. The molecule has 0 amide bonds. The molecule has 1 aliphatic carbocycles. The number of allylic oxidation sites excluding steroid dienone is 2. The van der Waals surface area contributed by atoms with Crippen LogP contribution in [0, 0.1) is 17.2 Å². The topological polar surface area (TPSA) is 67.2 Å². The highest BCUT2D eigenvalue weighted by atomic mass is 16.5. The number of nitrogens with zero attached hydrogens (tertiary/aromatic N) is 1. The molecule has 0 radical (unpaired) electrons. The summed E-state index contributed by atoms with van der Waals surface area (Å²) < 4.78 is 4.87. The van der Waals surface area contributed by atoms with Gasteiger partial charge in [0.1, 0.15) is 0 Å². The van der Waals surface area contributed by atoms with Crippen molar-refractivity contribution in [1.29, 1.82) is 5.26 Å². The number of esters is 1. The molecule has 1 atom stereocenters. The van der Waals surface area contributed by atoms with Gasteiger partial charge in [0, 0.05) is 12.8 Å². The van der Waals surface area contributed by atoms with Crippen molar-refractivity contribution in [2.75, 3.05) is 6.61 Å². The minimum Gasteiger partial charge on any atom is -0.466 e. The largest absolute Gasteiger partial charge is 0.466 e. The molecule has 0 aromatic carbocycles. The van der Waals surface area contributed by atoms with Gasteiger partial charge in [-0.2, -0.15) is 5.26 Å². The molecular formula is C12H15NO3. The number of carbonyl (C=O) groups excluding carboxylic acids is 2. The fourth-order valence-electron chi connectivity index (χ4n) is 1.71. The van der Waals surface area contributed by atoms with Gasteiger partial charge in [-0.3, -0.25) is 9.59 Å². The summed E-state index contributed by atoms with van der Waals surface area (Å²) in [7, 11) is 0. The number of rotatable bonds is 4. The minimum atomic E-state index is -0.335. The van der Waals surface area contributed by atoms with Crippen LogP contribution in [0.1, 0.15) is 32.6 Å². The van der Waals surface area contributed by atoms with Crippen molar-refractivity contribution in [2.24, 2.45) is 5.92 Å². The second-order valence-electron chi connectivity index (χ2n) is 3.70. The van der Waals surface area contributed by atoms with Crippen LogP contribution in [0.15, 0.2) is 11.6 Å². The van der Waals surface area contributed by atoms with E-state index in [1.807, 2.05) is 6.07 Å². The Balaban J connectivity index is 2.56. The average Bonchev–Trinajstić information content (AvgIpc) is 2.27. The second kappa shape index (κ2) is 6.06. The molecule has 0 spiro atoms. The number of Topliss-reactive ketones (excluding diaryl/α,β-unsaturated/α-hetero) is 1. The van der Waals surface area contributed by atoms with E-state index in [0.717, 1.165) is 0 Å². The highest BCUT2D eigenvalue weighted by Crippen LogP contribution is 2.24. The highest BCUT2D eigenvalue weighted by Gasteiger charge is 2.27. The Kier molecular flexibility index (Phi) is 4.71. The first kappa shape index (κ1) is 12.4. The van der Waals surface area contributed by atoms with Crippen LogP contribution in [-0.2, 0) is 14.3 Å². The van der Waals surface area contributed by atoms with Crippen molar-refractivity contribution in [3.8, 4) is 6.07 Å². The zero-order valence-electron chi connectivity index (χ0n) is 9.36. The molecule has 0 heterocycles. The Morgan fingerprint density at radius 1 is 1.69 bits per heavy atom. The number of carbonyl (C=O) groups is 2. The summed E-state index contributed by atoms with van der Waals surface area (Å²) in [5, 5.41) is 8.43. The van der Waals surface area contributed by atoms with Gasteiger partial charge in [-0.1, -0.05) is 6.08 Å². The Labute approximate surface area is 94.9 Å². The fourth-order valence-corrected chi connectivity index (χ4v) is 1.71. The SMILES string of the molecule is CCOC(=O)C1CC=C(CCC#N)C(=O)C1. The Bertz CT molecular complexity index is 352. The van der Waals surface area contributed by atoms with Crippen molar-refractivity contribution in [1.82, 2.24) is 0 Å². The van der Waals surface area contributed by atoms with Gasteiger partial charge in [-0.15, -0.1) is 0 Å². The van der Waals surface area contributed by atoms with Crippen LogP contribution in [0.3, 0.4) is 0 Å². The summed E-state index contributed by atoms with van der Waals surface area (Å²) in [5.41, 5.74) is 0.682. The van der Waals surface area contributed by atoms with Crippen LogP contribution in [0.2, 0.25) is 0 Å². The van der Waals surface area contributed by atoms with E-state index in [0.29, 0.717) is 31.4 Å². The van der Waals surface area contributed by atoms with Crippen molar-refractivity contribution < 1.29 is 14.3 Å². The van der Waals surface area contributed by atoms with Crippen LogP contribution in [0.4, 0.5) is 0 Å². The van der Waals surface area contributed by atoms with Crippen molar-refractivity contribution >= 4 is 11.8 Å². The zero-order chi connectivity index (χ0) is 12.0. The monoisotopic (exact) mass is 221 g/mol. The quantitative estimate of drug-likeness (QED) is 0.678. The lowest BCUT2D eigenvalue weighted by Gasteiger charge is -2.18. The lowest BCUT2D eigenvalue weighted by atomic mass is 9.87. The van der Waals surface area contributed by atoms with Gasteiger partial charge in [0.25, 0.3) is 0 Å². The highest BCUT2D eigenvalue weighted by molar-refractivity contribution is 5.98. The number of hydrogen-bond donors (Lipinski definition) is 0.